The topological polar surface area (TPSA) is 55.1 Å². The van der Waals surface area contributed by atoms with Gasteiger partial charge in [0.05, 0.1) is 22.1 Å². The van der Waals surface area contributed by atoms with Crippen molar-refractivity contribution < 1.29 is 4.79 Å². The third kappa shape index (κ3) is 4.37. The van der Waals surface area contributed by atoms with Crippen molar-refractivity contribution in [3.63, 3.8) is 0 Å². The molecule has 1 rings (SSSR count). The third-order valence-electron chi connectivity index (χ3n) is 3.36. The number of nitrogens with two attached hydrogens (primary N) is 1. The van der Waals surface area contributed by atoms with Crippen LogP contribution in [0.4, 0.5) is 0 Å². The van der Waals surface area contributed by atoms with E-state index in [1.807, 2.05) is 26.8 Å². The molecule has 19 heavy (non-hydrogen) atoms. The van der Waals surface area contributed by atoms with Crippen molar-refractivity contribution in [1.82, 2.24) is 5.32 Å². The van der Waals surface area contributed by atoms with Crippen LogP contribution in [0, 0.1) is 5.92 Å². The van der Waals surface area contributed by atoms with E-state index >= 15 is 0 Å². The highest BCUT2D eigenvalue weighted by Crippen LogP contribution is 2.25. The van der Waals surface area contributed by atoms with Gasteiger partial charge in [0, 0.05) is 0 Å². The zero-order valence-electron chi connectivity index (χ0n) is 11.4. The molecule has 0 saturated carbocycles. The smallest absolute Gasteiger partial charge is 0.237 e. The molecule has 0 aromatic heterocycles. The molecule has 0 bridgehead atoms. The van der Waals surface area contributed by atoms with Gasteiger partial charge in [-0.1, -0.05) is 49.5 Å². The standard InChI is InChI=1S/C14H20Cl2N2O/c1-4-8(2)13(17)14(19)18-9(3)10-5-6-11(15)12(16)7-10/h5-9,13H,4,17H2,1-3H3,(H,18,19). The number of hydrogen-bond acceptors (Lipinski definition) is 2. The highest BCUT2D eigenvalue weighted by atomic mass is 35.5. The first-order chi connectivity index (χ1) is 8.86. The quantitative estimate of drug-likeness (QED) is 0.874. The molecule has 3 N–H and O–H groups in total. The Labute approximate surface area is 124 Å². The van der Waals surface area contributed by atoms with Gasteiger partial charge in [-0.2, -0.15) is 0 Å². The van der Waals surface area contributed by atoms with Crippen LogP contribution in [-0.4, -0.2) is 11.9 Å². The number of nitrogens with one attached hydrogen (secondary N) is 1. The average Bonchev–Trinajstić information content (AvgIpc) is 2.39. The van der Waals surface area contributed by atoms with Gasteiger partial charge in [-0.25, -0.2) is 0 Å². The van der Waals surface area contributed by atoms with E-state index in [9.17, 15) is 4.79 Å². The molecule has 3 atom stereocenters. The predicted octanol–water partition coefficient (Wildman–Crippen LogP) is 3.54. The molecule has 5 heteroatoms. The maximum atomic E-state index is 12.0. The maximum Gasteiger partial charge on any atom is 0.237 e. The van der Waals surface area contributed by atoms with E-state index in [-0.39, 0.29) is 17.9 Å². The first kappa shape index (κ1) is 16.3. The highest BCUT2D eigenvalue weighted by Gasteiger charge is 2.21. The van der Waals surface area contributed by atoms with E-state index in [4.69, 9.17) is 28.9 Å². The summed E-state index contributed by atoms with van der Waals surface area (Å²) in [5.74, 6) is 0.00827. The highest BCUT2D eigenvalue weighted by molar-refractivity contribution is 6.42. The van der Waals surface area contributed by atoms with E-state index in [0.29, 0.717) is 10.0 Å². The third-order valence-corrected chi connectivity index (χ3v) is 4.10. The molecule has 0 saturated heterocycles. The minimum absolute atomic E-state index is 0.145. The van der Waals surface area contributed by atoms with Gasteiger partial charge in [-0.3, -0.25) is 4.79 Å². The number of benzene rings is 1. The second kappa shape index (κ2) is 7.13. The van der Waals surface area contributed by atoms with E-state index in [1.165, 1.54) is 0 Å². The van der Waals surface area contributed by atoms with Crippen LogP contribution >= 0.6 is 23.2 Å². The fraction of sp³-hybridized carbons (Fsp3) is 0.500. The molecule has 0 fully saturated rings. The lowest BCUT2D eigenvalue weighted by Gasteiger charge is -2.21. The lowest BCUT2D eigenvalue weighted by molar-refractivity contribution is -0.124. The van der Waals surface area contributed by atoms with Crippen molar-refractivity contribution in [3.05, 3.63) is 33.8 Å². The Balaban J connectivity index is 2.71. The van der Waals surface area contributed by atoms with Crippen LogP contribution in [0.3, 0.4) is 0 Å². The summed E-state index contributed by atoms with van der Waals surface area (Å²) in [6.07, 6.45) is 0.871. The summed E-state index contributed by atoms with van der Waals surface area (Å²) in [6.45, 7) is 5.87. The molecule has 3 nitrogen and oxygen atoms in total. The summed E-state index contributed by atoms with van der Waals surface area (Å²) in [7, 11) is 0. The lowest BCUT2D eigenvalue weighted by Crippen LogP contribution is -2.45. The summed E-state index contributed by atoms with van der Waals surface area (Å²) in [5.41, 5.74) is 6.79. The summed E-state index contributed by atoms with van der Waals surface area (Å²) in [5, 5.41) is 3.87. The Morgan fingerprint density at radius 3 is 2.47 bits per heavy atom. The Morgan fingerprint density at radius 1 is 1.32 bits per heavy atom. The van der Waals surface area contributed by atoms with Crippen molar-refractivity contribution in [2.45, 2.75) is 39.3 Å². The van der Waals surface area contributed by atoms with Crippen LogP contribution in [0.1, 0.15) is 38.8 Å². The van der Waals surface area contributed by atoms with Crippen LogP contribution in [0.15, 0.2) is 18.2 Å². The van der Waals surface area contributed by atoms with Gasteiger partial charge in [0.25, 0.3) is 0 Å². The first-order valence-electron chi connectivity index (χ1n) is 6.37. The summed E-state index contributed by atoms with van der Waals surface area (Å²) in [4.78, 5) is 12.0. The van der Waals surface area contributed by atoms with Gasteiger partial charge in [0.2, 0.25) is 5.91 Å². The Kier molecular flexibility index (Phi) is 6.11. The molecular weight excluding hydrogens is 283 g/mol. The van der Waals surface area contributed by atoms with Crippen LogP contribution in [0.5, 0.6) is 0 Å². The fourth-order valence-electron chi connectivity index (χ4n) is 1.69. The molecule has 0 spiro atoms. The van der Waals surface area contributed by atoms with Crippen LogP contribution in [-0.2, 0) is 4.79 Å². The second-order valence-corrected chi connectivity index (χ2v) is 5.63. The summed E-state index contributed by atoms with van der Waals surface area (Å²) in [6, 6.07) is 4.67. The number of amides is 1. The van der Waals surface area contributed by atoms with Crippen molar-refractivity contribution >= 4 is 29.1 Å². The normalized spacial score (nSPS) is 15.7. The molecule has 0 aliphatic carbocycles. The zero-order valence-corrected chi connectivity index (χ0v) is 12.9. The van der Waals surface area contributed by atoms with Gasteiger partial charge in [0.1, 0.15) is 0 Å². The molecule has 0 aliphatic rings. The number of hydrogen-bond donors (Lipinski definition) is 2. The monoisotopic (exact) mass is 302 g/mol. The van der Waals surface area contributed by atoms with Gasteiger partial charge in [-0.05, 0) is 30.5 Å². The van der Waals surface area contributed by atoms with E-state index in [0.717, 1.165) is 12.0 Å². The molecule has 1 amide bonds. The first-order valence-corrected chi connectivity index (χ1v) is 7.13. The SMILES string of the molecule is CCC(C)C(N)C(=O)NC(C)c1ccc(Cl)c(Cl)c1. The molecule has 0 heterocycles. The molecule has 3 unspecified atom stereocenters. The van der Waals surface area contributed by atoms with Crippen molar-refractivity contribution in [1.29, 1.82) is 0 Å². The summed E-state index contributed by atoms with van der Waals surface area (Å²) >= 11 is 11.8. The average molecular weight is 303 g/mol. The van der Waals surface area contributed by atoms with Gasteiger partial charge < -0.3 is 11.1 Å². The number of rotatable bonds is 5. The second-order valence-electron chi connectivity index (χ2n) is 4.82. The number of carbonyl (C=O) groups is 1. The van der Waals surface area contributed by atoms with E-state index in [2.05, 4.69) is 5.32 Å². The zero-order chi connectivity index (χ0) is 14.6. The Hall–Kier alpha value is -0.770. The van der Waals surface area contributed by atoms with Crippen molar-refractivity contribution in [2.24, 2.45) is 11.7 Å². The minimum atomic E-state index is -0.491. The minimum Gasteiger partial charge on any atom is -0.348 e. The van der Waals surface area contributed by atoms with Gasteiger partial charge in [0.15, 0.2) is 0 Å². The largest absolute Gasteiger partial charge is 0.348 e. The lowest BCUT2D eigenvalue weighted by atomic mass is 9.98. The molecule has 0 radical (unpaired) electrons. The molecule has 1 aromatic carbocycles. The van der Waals surface area contributed by atoms with Crippen molar-refractivity contribution in [3.8, 4) is 0 Å². The van der Waals surface area contributed by atoms with Crippen LogP contribution < -0.4 is 11.1 Å². The molecule has 0 aliphatic heterocycles. The van der Waals surface area contributed by atoms with E-state index < -0.39 is 6.04 Å². The van der Waals surface area contributed by atoms with Gasteiger partial charge >= 0.3 is 0 Å². The Morgan fingerprint density at radius 2 is 1.95 bits per heavy atom. The molecule has 106 valence electrons. The van der Waals surface area contributed by atoms with Crippen LogP contribution in [0.2, 0.25) is 10.0 Å². The fourth-order valence-corrected chi connectivity index (χ4v) is 1.99. The van der Waals surface area contributed by atoms with Crippen molar-refractivity contribution in [2.75, 3.05) is 0 Å². The maximum absolute atomic E-state index is 12.0. The van der Waals surface area contributed by atoms with Gasteiger partial charge in [-0.15, -0.1) is 0 Å². The number of carbonyl (C=O) groups excluding carboxylic acids is 1. The molecule has 1 aromatic rings. The summed E-state index contributed by atoms with van der Waals surface area (Å²) < 4.78 is 0. The number of halogens is 2. The predicted molar refractivity (Wildman–Crippen MR) is 80.5 cm³/mol. The Bertz CT molecular complexity index is 451. The van der Waals surface area contributed by atoms with E-state index in [1.54, 1.807) is 12.1 Å². The van der Waals surface area contributed by atoms with Crippen LogP contribution in [0.25, 0.3) is 0 Å². The molecular formula is C14H20Cl2N2O.